The summed E-state index contributed by atoms with van der Waals surface area (Å²) < 4.78 is 2.46. The van der Waals surface area contributed by atoms with Gasteiger partial charge >= 0.3 is 0 Å². The molecular formula is C5H10Br2NP. The van der Waals surface area contributed by atoms with Crippen LogP contribution in [0.2, 0.25) is 0 Å². The Bertz CT molecular complexity index is 83.0. The van der Waals surface area contributed by atoms with Gasteiger partial charge in [0.25, 0.3) is 0 Å². The molecule has 4 heteroatoms. The quantitative estimate of drug-likeness (QED) is 0.662. The third-order valence-corrected chi connectivity index (χ3v) is 5.07. The van der Waals surface area contributed by atoms with Crippen LogP contribution in [0.1, 0.15) is 19.3 Å². The lowest BCUT2D eigenvalue weighted by Crippen LogP contribution is -2.21. The number of rotatable bonds is 1. The summed E-state index contributed by atoms with van der Waals surface area (Å²) in [5, 5.41) is 0. The standard InChI is InChI=1S/C5H10Br2NP/c6-9(7)8-4-2-1-3-5-8/h1-5H2. The van der Waals surface area contributed by atoms with Crippen LogP contribution in [0.3, 0.4) is 0 Å². The molecule has 1 aliphatic rings. The Hall–Kier alpha value is 1.35. The zero-order valence-electron chi connectivity index (χ0n) is 5.19. The van der Waals surface area contributed by atoms with Gasteiger partial charge in [-0.2, -0.15) is 0 Å². The third-order valence-electron chi connectivity index (χ3n) is 1.55. The number of piperidine rings is 1. The predicted octanol–water partition coefficient (Wildman–Crippen LogP) is 3.49. The molecule has 1 fully saturated rings. The van der Waals surface area contributed by atoms with Gasteiger partial charge in [-0.05, 0) is 43.8 Å². The highest BCUT2D eigenvalue weighted by Gasteiger charge is 2.14. The topological polar surface area (TPSA) is 3.24 Å². The Kier molecular flexibility index (Phi) is 4.01. The Morgan fingerprint density at radius 3 is 1.89 bits per heavy atom. The number of hydrogen-bond donors (Lipinski definition) is 0. The zero-order chi connectivity index (χ0) is 6.69. The van der Waals surface area contributed by atoms with Crippen molar-refractivity contribution in [3.8, 4) is 0 Å². The highest BCUT2D eigenvalue weighted by atomic mass is 79.9. The molecular weight excluding hydrogens is 265 g/mol. The molecule has 9 heavy (non-hydrogen) atoms. The Morgan fingerprint density at radius 2 is 1.56 bits per heavy atom. The van der Waals surface area contributed by atoms with E-state index in [0.29, 0.717) is 0 Å². The van der Waals surface area contributed by atoms with Crippen LogP contribution in [0.5, 0.6) is 0 Å². The molecule has 0 radical (unpaired) electrons. The van der Waals surface area contributed by atoms with Gasteiger partial charge < -0.3 is 0 Å². The minimum Gasteiger partial charge on any atom is -0.265 e. The first-order valence-electron chi connectivity index (χ1n) is 3.17. The van der Waals surface area contributed by atoms with Crippen molar-refractivity contribution >= 4 is 36.5 Å². The van der Waals surface area contributed by atoms with Gasteiger partial charge in [-0.25, -0.2) is 0 Å². The highest BCUT2D eigenvalue weighted by Crippen LogP contribution is 2.56. The summed E-state index contributed by atoms with van der Waals surface area (Å²) in [6, 6.07) is 0. The number of hydrogen-bond acceptors (Lipinski definition) is 1. The number of halogens is 2. The molecule has 0 bridgehead atoms. The predicted molar refractivity (Wildman–Crippen MR) is 50.2 cm³/mol. The molecule has 0 amide bonds. The molecule has 54 valence electrons. The summed E-state index contributed by atoms with van der Waals surface area (Å²) >= 11 is 7.09. The fraction of sp³-hybridized carbons (Fsp3) is 1.00. The monoisotopic (exact) mass is 273 g/mol. The second-order valence-corrected chi connectivity index (χ2v) is 10.1. The van der Waals surface area contributed by atoms with E-state index in [0.717, 1.165) is 0 Å². The lowest BCUT2D eigenvalue weighted by atomic mass is 10.2. The fourth-order valence-electron chi connectivity index (χ4n) is 1.03. The van der Waals surface area contributed by atoms with Crippen molar-refractivity contribution in [3.63, 3.8) is 0 Å². The van der Waals surface area contributed by atoms with Gasteiger partial charge in [-0.15, -0.1) is 0 Å². The average Bonchev–Trinajstić information content (AvgIpc) is 1.90. The van der Waals surface area contributed by atoms with Gasteiger partial charge in [-0.3, -0.25) is 4.67 Å². The third kappa shape index (κ3) is 2.83. The van der Waals surface area contributed by atoms with E-state index < -0.39 is 0 Å². The van der Waals surface area contributed by atoms with Gasteiger partial charge in [0.1, 0.15) is 5.48 Å². The van der Waals surface area contributed by atoms with Gasteiger partial charge in [-0.1, -0.05) is 6.42 Å². The van der Waals surface area contributed by atoms with Crippen molar-refractivity contribution in [2.24, 2.45) is 0 Å². The largest absolute Gasteiger partial charge is 0.265 e. The zero-order valence-corrected chi connectivity index (χ0v) is 9.25. The summed E-state index contributed by atoms with van der Waals surface area (Å²) in [5.74, 6) is 0. The molecule has 1 aliphatic heterocycles. The van der Waals surface area contributed by atoms with Gasteiger partial charge in [0.05, 0.1) is 0 Å². The van der Waals surface area contributed by atoms with Crippen LogP contribution in [0.25, 0.3) is 0 Å². The fourth-order valence-corrected chi connectivity index (χ4v) is 3.52. The van der Waals surface area contributed by atoms with E-state index in [4.69, 9.17) is 0 Å². The van der Waals surface area contributed by atoms with E-state index in [1.54, 1.807) is 0 Å². The molecule has 0 atom stereocenters. The Morgan fingerprint density at radius 1 is 1.00 bits per heavy atom. The van der Waals surface area contributed by atoms with E-state index in [2.05, 4.69) is 35.6 Å². The first-order chi connectivity index (χ1) is 4.30. The maximum Gasteiger partial charge on any atom is 0.107 e. The maximum absolute atomic E-state index is 3.54. The summed E-state index contributed by atoms with van der Waals surface area (Å²) in [6.45, 7) is 2.53. The first-order valence-corrected chi connectivity index (χ1v) is 8.50. The molecule has 1 rings (SSSR count). The van der Waals surface area contributed by atoms with Gasteiger partial charge in [0, 0.05) is 13.1 Å². The van der Waals surface area contributed by atoms with Gasteiger partial charge in [0.15, 0.2) is 0 Å². The summed E-state index contributed by atoms with van der Waals surface area (Å²) in [6.07, 6.45) is 4.16. The average molecular weight is 275 g/mol. The second kappa shape index (κ2) is 4.27. The van der Waals surface area contributed by atoms with Crippen molar-refractivity contribution < 1.29 is 0 Å². The van der Waals surface area contributed by atoms with Crippen LogP contribution < -0.4 is 0 Å². The lowest BCUT2D eigenvalue weighted by Gasteiger charge is -2.26. The van der Waals surface area contributed by atoms with Crippen LogP contribution >= 0.6 is 36.5 Å². The van der Waals surface area contributed by atoms with E-state index in [1.807, 2.05) is 0 Å². The molecule has 1 nitrogen and oxygen atoms in total. The molecule has 1 saturated heterocycles. The Balaban J connectivity index is 2.23. The van der Waals surface area contributed by atoms with Crippen molar-refractivity contribution in [1.82, 2.24) is 4.67 Å². The molecule has 0 unspecified atom stereocenters. The van der Waals surface area contributed by atoms with Gasteiger partial charge in [0.2, 0.25) is 0 Å². The van der Waals surface area contributed by atoms with Crippen LogP contribution in [-0.4, -0.2) is 17.8 Å². The smallest absolute Gasteiger partial charge is 0.107 e. The van der Waals surface area contributed by atoms with E-state index in [-0.39, 0.29) is 5.48 Å². The van der Waals surface area contributed by atoms with Crippen LogP contribution in [0, 0.1) is 0 Å². The molecule has 0 N–H and O–H groups in total. The van der Waals surface area contributed by atoms with E-state index in [9.17, 15) is 0 Å². The summed E-state index contributed by atoms with van der Waals surface area (Å²) in [4.78, 5) is 0. The van der Waals surface area contributed by atoms with Crippen molar-refractivity contribution in [3.05, 3.63) is 0 Å². The van der Waals surface area contributed by atoms with Crippen LogP contribution in [-0.2, 0) is 0 Å². The Labute approximate surface area is 73.5 Å². The first kappa shape index (κ1) is 8.45. The van der Waals surface area contributed by atoms with Crippen LogP contribution in [0.4, 0.5) is 0 Å². The van der Waals surface area contributed by atoms with Crippen molar-refractivity contribution in [2.75, 3.05) is 13.1 Å². The minimum absolute atomic E-state index is 0.160. The molecule has 1 heterocycles. The van der Waals surface area contributed by atoms with E-state index >= 15 is 0 Å². The lowest BCUT2D eigenvalue weighted by molar-refractivity contribution is 0.377. The molecule has 0 aromatic rings. The minimum atomic E-state index is -0.160. The summed E-state index contributed by atoms with van der Waals surface area (Å²) in [7, 11) is 0. The van der Waals surface area contributed by atoms with Crippen LogP contribution in [0.15, 0.2) is 0 Å². The molecule has 0 aromatic carbocycles. The summed E-state index contributed by atoms with van der Waals surface area (Å²) in [5.41, 5.74) is -0.160. The second-order valence-electron chi connectivity index (χ2n) is 2.23. The normalized spacial score (nSPS) is 23.0. The molecule has 0 saturated carbocycles. The van der Waals surface area contributed by atoms with E-state index in [1.165, 1.54) is 32.4 Å². The maximum atomic E-state index is 3.54. The molecule has 0 aliphatic carbocycles. The van der Waals surface area contributed by atoms with Crippen molar-refractivity contribution in [1.29, 1.82) is 0 Å². The number of nitrogens with zero attached hydrogens (tertiary/aromatic N) is 1. The molecule has 0 aromatic heterocycles. The van der Waals surface area contributed by atoms with Crippen molar-refractivity contribution in [2.45, 2.75) is 19.3 Å². The SMILES string of the molecule is BrP(Br)N1CCCCC1. The highest BCUT2D eigenvalue weighted by molar-refractivity contribution is 9.69. The molecule has 0 spiro atoms.